The van der Waals surface area contributed by atoms with Crippen molar-refractivity contribution in [1.82, 2.24) is 10.3 Å². The number of rotatable bonds is 6. The zero-order chi connectivity index (χ0) is 17.8. The fraction of sp³-hybridized carbons (Fsp3) is 0.500. The van der Waals surface area contributed by atoms with Crippen molar-refractivity contribution in [2.75, 3.05) is 37.7 Å². The molecule has 2 aliphatic rings. The molecule has 2 saturated heterocycles. The van der Waals surface area contributed by atoms with Gasteiger partial charge in [-0.15, -0.1) is 0 Å². The first-order valence-electron chi connectivity index (χ1n) is 9.45. The standard InChI is InChI=1S/C20H25N3O3/c24-19(21-13-16-6-4-12-25-16)14-26-17-7-3-5-15-8-9-18(22-20(15)17)23-10-1-2-11-23/h3,5,7-9,16H,1-2,4,6,10-14H2,(H,21,24). The van der Waals surface area contributed by atoms with Crippen LogP contribution in [0, 0.1) is 0 Å². The molecule has 1 N–H and O–H groups in total. The molecule has 6 heteroatoms. The van der Waals surface area contributed by atoms with Crippen LogP contribution in [0.3, 0.4) is 0 Å². The number of pyridine rings is 1. The van der Waals surface area contributed by atoms with Gasteiger partial charge in [-0.2, -0.15) is 0 Å². The van der Waals surface area contributed by atoms with E-state index >= 15 is 0 Å². The summed E-state index contributed by atoms with van der Waals surface area (Å²) >= 11 is 0. The molecule has 4 rings (SSSR count). The minimum Gasteiger partial charge on any atom is -0.481 e. The number of nitrogens with one attached hydrogen (secondary N) is 1. The van der Waals surface area contributed by atoms with E-state index in [0.717, 1.165) is 49.3 Å². The van der Waals surface area contributed by atoms with Crippen LogP contribution < -0.4 is 15.0 Å². The van der Waals surface area contributed by atoms with Gasteiger partial charge < -0.3 is 19.7 Å². The lowest BCUT2D eigenvalue weighted by Crippen LogP contribution is -2.35. The van der Waals surface area contributed by atoms with Crippen molar-refractivity contribution in [3.05, 3.63) is 30.3 Å². The van der Waals surface area contributed by atoms with Crippen LogP contribution in [0.1, 0.15) is 25.7 Å². The highest BCUT2D eigenvalue weighted by molar-refractivity contribution is 5.86. The third kappa shape index (κ3) is 3.90. The lowest BCUT2D eigenvalue weighted by molar-refractivity contribution is -0.123. The number of hydrogen-bond donors (Lipinski definition) is 1. The maximum Gasteiger partial charge on any atom is 0.258 e. The molecule has 0 aliphatic carbocycles. The highest BCUT2D eigenvalue weighted by atomic mass is 16.5. The second-order valence-electron chi connectivity index (χ2n) is 6.92. The average molecular weight is 355 g/mol. The molecule has 1 aromatic carbocycles. The SMILES string of the molecule is O=C(COc1cccc2ccc(N3CCCC3)nc12)NCC1CCCO1. The molecule has 1 amide bonds. The fourth-order valence-corrected chi connectivity index (χ4v) is 3.58. The molecule has 6 nitrogen and oxygen atoms in total. The maximum atomic E-state index is 12.1. The minimum atomic E-state index is -0.131. The van der Waals surface area contributed by atoms with Gasteiger partial charge in [-0.1, -0.05) is 12.1 Å². The van der Waals surface area contributed by atoms with Crippen molar-refractivity contribution < 1.29 is 14.3 Å². The molecule has 1 atom stereocenters. The Labute approximate surface area is 153 Å². The highest BCUT2D eigenvalue weighted by Gasteiger charge is 2.17. The van der Waals surface area contributed by atoms with E-state index in [2.05, 4.69) is 22.3 Å². The lowest BCUT2D eigenvalue weighted by atomic mass is 10.2. The Bertz CT molecular complexity index is 768. The van der Waals surface area contributed by atoms with Crippen molar-refractivity contribution in [2.45, 2.75) is 31.8 Å². The summed E-state index contributed by atoms with van der Waals surface area (Å²) < 4.78 is 11.3. The predicted molar refractivity (Wildman–Crippen MR) is 101 cm³/mol. The van der Waals surface area contributed by atoms with Crippen LogP contribution in [-0.2, 0) is 9.53 Å². The number of amides is 1. The second kappa shape index (κ2) is 7.91. The van der Waals surface area contributed by atoms with Gasteiger partial charge in [-0.25, -0.2) is 4.98 Å². The molecular formula is C20H25N3O3. The molecule has 26 heavy (non-hydrogen) atoms. The molecule has 3 heterocycles. The summed E-state index contributed by atoms with van der Waals surface area (Å²) in [5, 5.41) is 3.90. The first-order chi connectivity index (χ1) is 12.8. The van der Waals surface area contributed by atoms with Crippen molar-refractivity contribution >= 4 is 22.6 Å². The predicted octanol–water partition coefficient (Wildman–Crippen LogP) is 2.51. The summed E-state index contributed by atoms with van der Waals surface area (Å²) in [4.78, 5) is 19.2. The van der Waals surface area contributed by atoms with Crippen molar-refractivity contribution in [3.8, 4) is 5.75 Å². The maximum absolute atomic E-state index is 12.1. The van der Waals surface area contributed by atoms with Gasteiger partial charge in [-0.05, 0) is 43.9 Å². The van der Waals surface area contributed by atoms with Crippen LogP contribution in [-0.4, -0.2) is 49.8 Å². The summed E-state index contributed by atoms with van der Waals surface area (Å²) in [6, 6.07) is 9.95. The fourth-order valence-electron chi connectivity index (χ4n) is 3.58. The molecule has 138 valence electrons. The number of fused-ring (bicyclic) bond motifs is 1. The first-order valence-corrected chi connectivity index (χ1v) is 9.45. The Balaban J connectivity index is 1.41. The molecule has 2 aromatic rings. The number of carbonyl (C=O) groups is 1. The van der Waals surface area contributed by atoms with E-state index in [-0.39, 0.29) is 18.6 Å². The van der Waals surface area contributed by atoms with E-state index in [0.29, 0.717) is 12.3 Å². The quantitative estimate of drug-likeness (QED) is 0.863. The van der Waals surface area contributed by atoms with Crippen molar-refractivity contribution in [2.24, 2.45) is 0 Å². The molecule has 2 aliphatic heterocycles. The number of benzene rings is 1. The number of nitrogens with zero attached hydrogens (tertiary/aromatic N) is 2. The largest absolute Gasteiger partial charge is 0.481 e. The molecule has 1 unspecified atom stereocenters. The van der Waals surface area contributed by atoms with Crippen LogP contribution in [0.25, 0.3) is 10.9 Å². The van der Waals surface area contributed by atoms with Crippen LogP contribution >= 0.6 is 0 Å². The summed E-state index contributed by atoms with van der Waals surface area (Å²) in [5.41, 5.74) is 0.809. The lowest BCUT2D eigenvalue weighted by Gasteiger charge is -2.17. The van der Waals surface area contributed by atoms with Gasteiger partial charge in [-0.3, -0.25) is 4.79 Å². The zero-order valence-electron chi connectivity index (χ0n) is 14.9. The summed E-state index contributed by atoms with van der Waals surface area (Å²) in [7, 11) is 0. The zero-order valence-corrected chi connectivity index (χ0v) is 14.9. The number of anilines is 1. The summed E-state index contributed by atoms with van der Waals surface area (Å²) in [5.74, 6) is 1.50. The molecule has 2 fully saturated rings. The van der Waals surface area contributed by atoms with E-state index in [1.54, 1.807) is 0 Å². The van der Waals surface area contributed by atoms with Gasteiger partial charge in [0.05, 0.1) is 6.10 Å². The average Bonchev–Trinajstić information content (AvgIpc) is 3.38. The normalized spacial score (nSPS) is 19.8. The van der Waals surface area contributed by atoms with Crippen LogP contribution in [0.5, 0.6) is 5.75 Å². The minimum absolute atomic E-state index is 0.0124. The van der Waals surface area contributed by atoms with Gasteiger partial charge in [0.25, 0.3) is 5.91 Å². The number of aromatic nitrogens is 1. The molecule has 0 bridgehead atoms. The third-order valence-corrected chi connectivity index (χ3v) is 5.01. The number of para-hydroxylation sites is 1. The Hall–Kier alpha value is -2.34. The number of ether oxygens (including phenoxy) is 2. The van der Waals surface area contributed by atoms with E-state index in [1.165, 1.54) is 12.8 Å². The third-order valence-electron chi connectivity index (χ3n) is 5.01. The molecule has 0 saturated carbocycles. The molecule has 1 aromatic heterocycles. The highest BCUT2D eigenvalue weighted by Crippen LogP contribution is 2.27. The van der Waals surface area contributed by atoms with Gasteiger partial charge in [0.1, 0.15) is 17.1 Å². The van der Waals surface area contributed by atoms with E-state index < -0.39 is 0 Å². The van der Waals surface area contributed by atoms with E-state index in [9.17, 15) is 4.79 Å². The van der Waals surface area contributed by atoms with Crippen LogP contribution in [0.15, 0.2) is 30.3 Å². The summed E-state index contributed by atoms with van der Waals surface area (Å²) in [6.07, 6.45) is 4.64. The number of carbonyl (C=O) groups excluding carboxylic acids is 1. The molecule has 0 spiro atoms. The topological polar surface area (TPSA) is 63.7 Å². The van der Waals surface area contributed by atoms with Gasteiger partial charge in [0.15, 0.2) is 6.61 Å². The van der Waals surface area contributed by atoms with E-state index in [4.69, 9.17) is 14.5 Å². The Morgan fingerprint density at radius 2 is 2.12 bits per heavy atom. The van der Waals surface area contributed by atoms with Crippen molar-refractivity contribution in [3.63, 3.8) is 0 Å². The van der Waals surface area contributed by atoms with E-state index in [1.807, 2.05) is 18.2 Å². The van der Waals surface area contributed by atoms with Gasteiger partial charge >= 0.3 is 0 Å². The Morgan fingerprint density at radius 3 is 2.92 bits per heavy atom. The monoisotopic (exact) mass is 355 g/mol. The molecular weight excluding hydrogens is 330 g/mol. The smallest absolute Gasteiger partial charge is 0.258 e. The molecule has 0 radical (unpaired) electrons. The summed E-state index contributed by atoms with van der Waals surface area (Å²) in [6.45, 7) is 3.43. The second-order valence-corrected chi connectivity index (χ2v) is 6.92. The first kappa shape index (κ1) is 17.1. The van der Waals surface area contributed by atoms with Crippen molar-refractivity contribution in [1.29, 1.82) is 0 Å². The Morgan fingerprint density at radius 1 is 1.23 bits per heavy atom. The van der Waals surface area contributed by atoms with Crippen LogP contribution in [0.4, 0.5) is 5.82 Å². The Kier molecular flexibility index (Phi) is 5.20. The van der Waals surface area contributed by atoms with Crippen LogP contribution in [0.2, 0.25) is 0 Å². The van der Waals surface area contributed by atoms with Gasteiger partial charge in [0.2, 0.25) is 0 Å². The number of hydrogen-bond acceptors (Lipinski definition) is 5. The van der Waals surface area contributed by atoms with Gasteiger partial charge in [0, 0.05) is 31.6 Å².